The molecule has 0 unspecified atom stereocenters. The molecule has 0 bridgehead atoms. The molecule has 0 radical (unpaired) electrons. The zero-order chi connectivity index (χ0) is 15.6. The molecule has 1 N–H and O–H groups in total. The molecule has 3 aromatic rings. The van der Waals surface area contributed by atoms with Crippen LogP contribution in [0.5, 0.6) is 0 Å². The summed E-state index contributed by atoms with van der Waals surface area (Å²) >= 11 is 0. The van der Waals surface area contributed by atoms with Crippen molar-refractivity contribution < 1.29 is 0 Å². The highest BCUT2D eigenvalue weighted by molar-refractivity contribution is 5.44. The van der Waals surface area contributed by atoms with Crippen molar-refractivity contribution in [1.29, 1.82) is 0 Å². The number of nitrogens with one attached hydrogen (secondary N) is 1. The highest BCUT2D eigenvalue weighted by atomic mass is 15.3. The first-order chi connectivity index (χ1) is 11.3. The van der Waals surface area contributed by atoms with Gasteiger partial charge in [0.05, 0.1) is 0 Å². The lowest BCUT2D eigenvalue weighted by molar-refractivity contribution is 0.520. The average Bonchev–Trinajstić information content (AvgIpc) is 2.98. The van der Waals surface area contributed by atoms with Gasteiger partial charge in [0.15, 0.2) is 5.65 Å². The molecule has 0 amide bonds. The van der Waals surface area contributed by atoms with Crippen LogP contribution in [-0.4, -0.2) is 43.7 Å². The Bertz CT molecular complexity index is 772. The van der Waals surface area contributed by atoms with Crippen LogP contribution in [0.4, 0.5) is 11.8 Å². The van der Waals surface area contributed by atoms with Gasteiger partial charge < -0.3 is 10.2 Å². The number of aromatic nitrogens is 5. The van der Waals surface area contributed by atoms with Gasteiger partial charge in [0.25, 0.3) is 0 Å². The predicted octanol–water partition coefficient (Wildman–Crippen LogP) is 1.91. The standard InChI is InChI=1S/C16H19N7/c1-12-10-15(18-11-17-12)22-8-5-13(6-9-22)19-16-20-14-4-2-3-7-23(14)21-16/h2-4,7,10-11,13H,5-6,8-9H2,1H3,(H,19,21). The van der Waals surface area contributed by atoms with Crippen molar-refractivity contribution in [3.05, 3.63) is 42.5 Å². The van der Waals surface area contributed by atoms with E-state index in [2.05, 4.69) is 30.3 Å². The van der Waals surface area contributed by atoms with Crippen molar-refractivity contribution in [3.63, 3.8) is 0 Å². The van der Waals surface area contributed by atoms with Gasteiger partial charge >= 0.3 is 0 Å². The van der Waals surface area contributed by atoms with Gasteiger partial charge in [-0.3, -0.25) is 0 Å². The highest BCUT2D eigenvalue weighted by Crippen LogP contribution is 2.20. The number of nitrogens with zero attached hydrogens (tertiary/aromatic N) is 6. The minimum absolute atomic E-state index is 0.395. The van der Waals surface area contributed by atoms with Crippen molar-refractivity contribution >= 4 is 17.4 Å². The Kier molecular flexibility index (Phi) is 3.53. The van der Waals surface area contributed by atoms with Crippen LogP contribution in [-0.2, 0) is 0 Å². The fraction of sp³-hybridized carbons (Fsp3) is 0.375. The molecule has 23 heavy (non-hydrogen) atoms. The molecule has 1 aliphatic rings. The number of piperidine rings is 1. The third-order valence-electron chi connectivity index (χ3n) is 4.18. The van der Waals surface area contributed by atoms with Gasteiger partial charge in [0, 0.05) is 37.1 Å². The van der Waals surface area contributed by atoms with Crippen LogP contribution >= 0.6 is 0 Å². The predicted molar refractivity (Wildman–Crippen MR) is 88.6 cm³/mol. The van der Waals surface area contributed by atoms with E-state index in [0.717, 1.165) is 43.1 Å². The normalized spacial score (nSPS) is 16.0. The van der Waals surface area contributed by atoms with Crippen molar-refractivity contribution in [2.75, 3.05) is 23.3 Å². The van der Waals surface area contributed by atoms with Crippen LogP contribution in [0, 0.1) is 6.92 Å². The summed E-state index contributed by atoms with van der Waals surface area (Å²) in [4.78, 5) is 15.3. The van der Waals surface area contributed by atoms with E-state index in [0.29, 0.717) is 12.0 Å². The maximum atomic E-state index is 4.50. The van der Waals surface area contributed by atoms with E-state index in [1.54, 1.807) is 10.8 Å². The number of aryl methyl sites for hydroxylation is 1. The van der Waals surface area contributed by atoms with Gasteiger partial charge in [-0.15, -0.1) is 5.10 Å². The zero-order valence-electron chi connectivity index (χ0n) is 13.1. The van der Waals surface area contributed by atoms with Crippen LogP contribution in [0.25, 0.3) is 5.65 Å². The molecule has 0 saturated carbocycles. The number of fused-ring (bicyclic) bond motifs is 1. The topological polar surface area (TPSA) is 71.2 Å². The van der Waals surface area contributed by atoms with E-state index < -0.39 is 0 Å². The third-order valence-corrected chi connectivity index (χ3v) is 4.18. The monoisotopic (exact) mass is 309 g/mol. The van der Waals surface area contributed by atoms with Crippen LogP contribution in [0.2, 0.25) is 0 Å². The van der Waals surface area contributed by atoms with Gasteiger partial charge in [-0.05, 0) is 31.9 Å². The van der Waals surface area contributed by atoms with Crippen LogP contribution in [0.15, 0.2) is 36.8 Å². The van der Waals surface area contributed by atoms with E-state index in [9.17, 15) is 0 Å². The second kappa shape index (κ2) is 5.83. The van der Waals surface area contributed by atoms with E-state index in [1.807, 2.05) is 37.4 Å². The second-order valence-electron chi connectivity index (χ2n) is 5.86. The molecule has 0 aromatic carbocycles. The summed E-state index contributed by atoms with van der Waals surface area (Å²) in [5, 5.41) is 7.91. The molecule has 1 aliphatic heterocycles. The molecule has 4 heterocycles. The SMILES string of the molecule is Cc1cc(N2CCC(Nc3nc4ccccn4n3)CC2)ncn1. The van der Waals surface area contributed by atoms with Crippen molar-refractivity contribution in [1.82, 2.24) is 24.6 Å². The number of hydrogen-bond acceptors (Lipinski definition) is 6. The summed E-state index contributed by atoms with van der Waals surface area (Å²) < 4.78 is 1.79. The first kappa shape index (κ1) is 13.9. The number of hydrogen-bond donors (Lipinski definition) is 1. The molecule has 1 saturated heterocycles. The van der Waals surface area contributed by atoms with Crippen LogP contribution in [0.1, 0.15) is 18.5 Å². The second-order valence-corrected chi connectivity index (χ2v) is 5.86. The quantitative estimate of drug-likeness (QED) is 0.797. The number of pyridine rings is 1. The summed E-state index contributed by atoms with van der Waals surface area (Å²) in [5.74, 6) is 1.72. The number of rotatable bonds is 3. The first-order valence-electron chi connectivity index (χ1n) is 7.89. The molecule has 1 fully saturated rings. The Labute approximate surface area is 134 Å². The summed E-state index contributed by atoms with van der Waals surface area (Å²) in [7, 11) is 0. The minimum atomic E-state index is 0.395. The lowest BCUT2D eigenvalue weighted by Gasteiger charge is -2.32. The third kappa shape index (κ3) is 2.94. The van der Waals surface area contributed by atoms with Crippen LogP contribution < -0.4 is 10.2 Å². The lowest BCUT2D eigenvalue weighted by Crippen LogP contribution is -2.39. The summed E-state index contributed by atoms with van der Waals surface area (Å²) in [6.07, 6.45) is 5.63. The van der Waals surface area contributed by atoms with Crippen molar-refractivity contribution in [2.24, 2.45) is 0 Å². The smallest absolute Gasteiger partial charge is 0.243 e. The molecule has 4 rings (SSSR count). The molecule has 0 atom stereocenters. The highest BCUT2D eigenvalue weighted by Gasteiger charge is 2.21. The largest absolute Gasteiger partial charge is 0.356 e. The van der Waals surface area contributed by atoms with E-state index in [1.165, 1.54) is 0 Å². The first-order valence-corrected chi connectivity index (χ1v) is 7.89. The minimum Gasteiger partial charge on any atom is -0.356 e. The van der Waals surface area contributed by atoms with Gasteiger partial charge in [0.1, 0.15) is 12.1 Å². The Balaban J connectivity index is 1.39. The molecular formula is C16H19N7. The maximum Gasteiger partial charge on any atom is 0.243 e. The van der Waals surface area contributed by atoms with E-state index >= 15 is 0 Å². The molecular weight excluding hydrogens is 290 g/mol. The maximum absolute atomic E-state index is 4.50. The Morgan fingerprint density at radius 2 is 2.04 bits per heavy atom. The fourth-order valence-electron chi connectivity index (χ4n) is 2.94. The Morgan fingerprint density at radius 1 is 1.17 bits per heavy atom. The summed E-state index contributed by atoms with van der Waals surface area (Å²) in [6, 6.07) is 8.31. The molecule has 0 aliphatic carbocycles. The summed E-state index contributed by atoms with van der Waals surface area (Å²) in [6.45, 7) is 3.94. The zero-order valence-corrected chi connectivity index (χ0v) is 13.1. The molecule has 0 spiro atoms. The Morgan fingerprint density at radius 3 is 2.83 bits per heavy atom. The molecule has 7 heteroatoms. The van der Waals surface area contributed by atoms with E-state index in [-0.39, 0.29) is 0 Å². The molecule has 118 valence electrons. The van der Waals surface area contributed by atoms with Gasteiger partial charge in [-0.1, -0.05) is 6.07 Å². The van der Waals surface area contributed by atoms with Gasteiger partial charge in [-0.25, -0.2) is 14.5 Å². The Hall–Kier alpha value is -2.70. The van der Waals surface area contributed by atoms with Gasteiger partial charge in [-0.2, -0.15) is 4.98 Å². The summed E-state index contributed by atoms with van der Waals surface area (Å²) in [5.41, 5.74) is 1.87. The van der Waals surface area contributed by atoms with E-state index in [4.69, 9.17) is 0 Å². The van der Waals surface area contributed by atoms with Crippen molar-refractivity contribution in [2.45, 2.75) is 25.8 Å². The molecule has 7 nitrogen and oxygen atoms in total. The fourth-order valence-corrected chi connectivity index (χ4v) is 2.94. The average molecular weight is 309 g/mol. The molecule has 3 aromatic heterocycles. The number of anilines is 2. The van der Waals surface area contributed by atoms with Crippen molar-refractivity contribution in [3.8, 4) is 0 Å². The van der Waals surface area contributed by atoms with Gasteiger partial charge in [0.2, 0.25) is 5.95 Å². The van der Waals surface area contributed by atoms with Crippen LogP contribution in [0.3, 0.4) is 0 Å². The lowest BCUT2D eigenvalue weighted by atomic mass is 10.1.